The number of amides is 1. The Morgan fingerprint density at radius 2 is 1.65 bits per heavy atom. The summed E-state index contributed by atoms with van der Waals surface area (Å²) in [6, 6.07) is 17.3. The van der Waals surface area contributed by atoms with E-state index in [0.29, 0.717) is 17.0 Å². The zero-order valence-corrected chi connectivity index (χ0v) is 19.7. The normalized spacial score (nSPS) is 16.4. The van der Waals surface area contributed by atoms with Gasteiger partial charge >= 0.3 is 5.97 Å². The summed E-state index contributed by atoms with van der Waals surface area (Å²) in [5.41, 5.74) is 1.10. The number of aliphatic carboxylic acids is 1. The van der Waals surface area contributed by atoms with Crippen molar-refractivity contribution in [3.05, 3.63) is 88.9 Å². The molecule has 1 amide bonds. The van der Waals surface area contributed by atoms with Crippen LogP contribution in [-0.4, -0.2) is 49.4 Å². The van der Waals surface area contributed by atoms with Crippen LogP contribution in [0, 0.1) is 0 Å². The van der Waals surface area contributed by atoms with Gasteiger partial charge in [0.1, 0.15) is 11.8 Å². The van der Waals surface area contributed by atoms with Gasteiger partial charge in [0.25, 0.3) is 5.91 Å². The van der Waals surface area contributed by atoms with Gasteiger partial charge in [-0.05, 0) is 48.0 Å². The van der Waals surface area contributed by atoms with Crippen molar-refractivity contribution in [2.45, 2.75) is 17.5 Å². The maximum atomic E-state index is 13.6. The summed E-state index contributed by atoms with van der Waals surface area (Å²) in [6.45, 7) is -0.625. The van der Waals surface area contributed by atoms with Crippen LogP contribution in [0.2, 0.25) is 5.02 Å². The van der Waals surface area contributed by atoms with E-state index in [1.54, 1.807) is 48.5 Å². The minimum atomic E-state index is -4.24. The van der Waals surface area contributed by atoms with Gasteiger partial charge in [0, 0.05) is 12.2 Å². The van der Waals surface area contributed by atoms with Crippen LogP contribution < -0.4 is 9.64 Å². The molecule has 1 unspecified atom stereocenters. The number of para-hydroxylation sites is 1. The van der Waals surface area contributed by atoms with E-state index in [9.17, 15) is 23.1 Å². The smallest absolute Gasteiger partial charge is 0.323 e. The summed E-state index contributed by atoms with van der Waals surface area (Å²) >= 11 is 6.23. The molecule has 10 heteroatoms. The number of methoxy groups -OCH3 is 1. The van der Waals surface area contributed by atoms with Crippen LogP contribution in [0.5, 0.6) is 5.75 Å². The lowest BCUT2D eigenvalue weighted by Crippen LogP contribution is -2.50. The van der Waals surface area contributed by atoms with Gasteiger partial charge in [0.05, 0.1) is 29.1 Å². The molecular weight excluding hydrogens is 480 g/mol. The number of rotatable bonds is 5. The van der Waals surface area contributed by atoms with E-state index < -0.39 is 34.5 Å². The Morgan fingerprint density at radius 1 is 1.00 bits per heavy atom. The highest BCUT2D eigenvalue weighted by Gasteiger charge is 2.41. The average molecular weight is 501 g/mol. The fourth-order valence-corrected chi connectivity index (χ4v) is 5.63. The molecule has 4 rings (SSSR count). The Kier molecular flexibility index (Phi) is 6.60. The van der Waals surface area contributed by atoms with Crippen molar-refractivity contribution < 1.29 is 27.9 Å². The molecule has 0 fully saturated rings. The van der Waals surface area contributed by atoms with E-state index in [-0.39, 0.29) is 22.0 Å². The second-order valence-electron chi connectivity index (χ2n) is 7.60. The largest absolute Gasteiger partial charge is 0.497 e. The van der Waals surface area contributed by atoms with Gasteiger partial charge in [0.15, 0.2) is 0 Å². The van der Waals surface area contributed by atoms with E-state index in [0.717, 1.165) is 4.31 Å². The van der Waals surface area contributed by atoms with E-state index in [4.69, 9.17) is 16.3 Å². The number of carboxylic acids is 1. The second-order valence-corrected chi connectivity index (χ2v) is 9.90. The van der Waals surface area contributed by atoms with Crippen LogP contribution in [0.3, 0.4) is 0 Å². The van der Waals surface area contributed by atoms with Crippen LogP contribution in [0.15, 0.2) is 77.7 Å². The molecule has 176 valence electrons. The van der Waals surface area contributed by atoms with E-state index >= 15 is 0 Å². The summed E-state index contributed by atoms with van der Waals surface area (Å²) in [5.74, 6) is -1.43. The standard InChI is InChI=1S/C24H21ClN2O6S/c1-33-17-10-12-18(13-11-17)34(31,32)27-14-16-6-2-5-9-21(16)26(15-22(27)24(29)30)23(28)19-7-3-4-8-20(19)25/h2-13,22H,14-15H2,1H3,(H,29,30). The lowest BCUT2D eigenvalue weighted by molar-refractivity contribution is -0.141. The van der Waals surface area contributed by atoms with Gasteiger partial charge in [-0.2, -0.15) is 4.31 Å². The second kappa shape index (κ2) is 9.46. The lowest BCUT2D eigenvalue weighted by Gasteiger charge is -2.28. The van der Waals surface area contributed by atoms with Gasteiger partial charge < -0.3 is 14.7 Å². The maximum absolute atomic E-state index is 13.6. The molecule has 0 bridgehead atoms. The molecule has 0 aliphatic carbocycles. The Bertz CT molecular complexity index is 1340. The summed E-state index contributed by atoms with van der Waals surface area (Å²) in [7, 11) is -2.78. The molecule has 1 heterocycles. The molecule has 1 N–H and O–H groups in total. The van der Waals surface area contributed by atoms with Gasteiger partial charge in [0.2, 0.25) is 10.0 Å². The molecular formula is C24H21ClN2O6S. The van der Waals surface area contributed by atoms with Crippen molar-refractivity contribution in [1.82, 2.24) is 4.31 Å². The van der Waals surface area contributed by atoms with Crippen molar-refractivity contribution in [3.63, 3.8) is 0 Å². The molecule has 8 nitrogen and oxygen atoms in total. The van der Waals surface area contributed by atoms with Crippen molar-refractivity contribution in [3.8, 4) is 5.75 Å². The van der Waals surface area contributed by atoms with Crippen LogP contribution >= 0.6 is 11.6 Å². The van der Waals surface area contributed by atoms with E-state index in [2.05, 4.69) is 0 Å². The van der Waals surface area contributed by atoms with Gasteiger partial charge in [-0.1, -0.05) is 41.9 Å². The molecule has 0 radical (unpaired) electrons. The fraction of sp³-hybridized carbons (Fsp3) is 0.167. The van der Waals surface area contributed by atoms with Gasteiger partial charge in [-0.25, -0.2) is 8.42 Å². The predicted octanol–water partition coefficient (Wildman–Crippen LogP) is 3.65. The highest BCUT2D eigenvalue weighted by Crippen LogP contribution is 2.33. The minimum absolute atomic E-state index is 0.0806. The van der Waals surface area contributed by atoms with Crippen molar-refractivity contribution >= 4 is 39.2 Å². The van der Waals surface area contributed by atoms with E-state index in [1.807, 2.05) is 0 Å². The molecule has 1 atom stereocenters. The topological polar surface area (TPSA) is 104 Å². The number of carboxylic acid groups (broad SMARTS) is 1. The Hall–Kier alpha value is -3.40. The summed E-state index contributed by atoms with van der Waals surface area (Å²) in [4.78, 5) is 27.0. The molecule has 0 saturated carbocycles. The first-order chi connectivity index (χ1) is 16.2. The third-order valence-electron chi connectivity index (χ3n) is 5.61. The van der Waals surface area contributed by atoms with Crippen molar-refractivity contribution in [1.29, 1.82) is 0 Å². The molecule has 34 heavy (non-hydrogen) atoms. The number of hydrogen-bond acceptors (Lipinski definition) is 5. The third-order valence-corrected chi connectivity index (χ3v) is 7.81. The predicted molar refractivity (Wildman–Crippen MR) is 127 cm³/mol. The Labute approximate surface area is 202 Å². The summed E-state index contributed by atoms with van der Waals surface area (Å²) < 4.78 is 33.1. The molecule has 1 aliphatic heterocycles. The van der Waals surface area contributed by atoms with Crippen LogP contribution in [-0.2, 0) is 21.4 Å². The Balaban J connectivity index is 1.82. The quantitative estimate of drug-likeness (QED) is 0.573. The van der Waals surface area contributed by atoms with Crippen molar-refractivity contribution in [2.75, 3.05) is 18.6 Å². The maximum Gasteiger partial charge on any atom is 0.323 e. The number of nitrogens with zero attached hydrogens (tertiary/aromatic N) is 2. The summed E-state index contributed by atoms with van der Waals surface area (Å²) in [6.07, 6.45) is 0. The number of anilines is 1. The minimum Gasteiger partial charge on any atom is -0.497 e. The number of ether oxygens (including phenoxy) is 1. The van der Waals surface area contributed by atoms with Crippen LogP contribution in [0.4, 0.5) is 5.69 Å². The van der Waals surface area contributed by atoms with E-state index in [1.165, 1.54) is 36.3 Å². The number of hydrogen-bond donors (Lipinski definition) is 1. The lowest BCUT2D eigenvalue weighted by atomic mass is 10.1. The first-order valence-corrected chi connectivity index (χ1v) is 12.1. The van der Waals surface area contributed by atoms with Crippen molar-refractivity contribution in [2.24, 2.45) is 0 Å². The number of carbonyl (C=O) groups excluding carboxylic acids is 1. The monoisotopic (exact) mass is 500 g/mol. The molecule has 3 aromatic rings. The zero-order chi connectivity index (χ0) is 24.5. The molecule has 0 spiro atoms. The third kappa shape index (κ3) is 4.37. The van der Waals surface area contributed by atoms with Gasteiger partial charge in [-0.3, -0.25) is 9.59 Å². The molecule has 1 aliphatic rings. The number of carbonyl (C=O) groups is 2. The molecule has 0 aromatic heterocycles. The molecule has 3 aromatic carbocycles. The number of fused-ring (bicyclic) bond motifs is 1. The SMILES string of the molecule is COc1ccc(S(=O)(=O)N2Cc3ccccc3N(C(=O)c3ccccc3Cl)CC2C(=O)O)cc1. The Morgan fingerprint density at radius 3 is 2.29 bits per heavy atom. The van der Waals surface area contributed by atoms with Gasteiger partial charge in [-0.15, -0.1) is 0 Å². The summed E-state index contributed by atoms with van der Waals surface area (Å²) in [5, 5.41) is 10.3. The van der Waals surface area contributed by atoms with Crippen LogP contribution in [0.25, 0.3) is 0 Å². The highest BCUT2D eigenvalue weighted by atomic mass is 35.5. The number of sulfonamides is 1. The number of halogens is 1. The number of benzene rings is 3. The van der Waals surface area contributed by atoms with Crippen LogP contribution in [0.1, 0.15) is 15.9 Å². The first-order valence-electron chi connectivity index (χ1n) is 10.3. The fourth-order valence-electron chi connectivity index (χ4n) is 3.86. The average Bonchev–Trinajstić information content (AvgIpc) is 3.02. The zero-order valence-electron chi connectivity index (χ0n) is 18.1. The highest BCUT2D eigenvalue weighted by molar-refractivity contribution is 7.89. The first kappa shape index (κ1) is 23.7. The molecule has 0 saturated heterocycles.